The number of rotatable bonds is 4. The molecule has 11 aromatic rings. The number of furan rings is 1. The molecule has 0 aliphatic carbocycles. The molecule has 51 heavy (non-hydrogen) atoms. The molecule has 3 aromatic heterocycles. The van der Waals surface area contributed by atoms with E-state index in [1.165, 1.54) is 60.4 Å². The van der Waals surface area contributed by atoms with Gasteiger partial charge in [-0.15, -0.1) is 0 Å². The van der Waals surface area contributed by atoms with Crippen LogP contribution in [0, 0.1) is 0 Å². The molecule has 0 amide bonds. The fraction of sp³-hybridized carbons (Fsp3) is 0. The smallest absolute Gasteiger partial charge is 0.136 e. The van der Waals surface area contributed by atoms with Crippen LogP contribution >= 0.6 is 0 Å². The Morgan fingerprint density at radius 3 is 1.63 bits per heavy atom. The van der Waals surface area contributed by atoms with Crippen LogP contribution in [0.4, 0.5) is 0 Å². The van der Waals surface area contributed by atoms with Gasteiger partial charge in [-0.3, -0.25) is 0 Å². The average molecular weight is 651 g/mol. The van der Waals surface area contributed by atoms with Crippen molar-refractivity contribution in [2.75, 3.05) is 0 Å². The molecule has 0 spiro atoms. The summed E-state index contributed by atoms with van der Waals surface area (Å²) in [5.74, 6) is 0. The lowest BCUT2D eigenvalue weighted by Crippen LogP contribution is -1.94. The highest BCUT2D eigenvalue weighted by atomic mass is 16.3. The highest BCUT2D eigenvalue weighted by molar-refractivity contribution is 6.12. The van der Waals surface area contributed by atoms with Crippen molar-refractivity contribution in [3.63, 3.8) is 0 Å². The van der Waals surface area contributed by atoms with Gasteiger partial charge in [-0.2, -0.15) is 0 Å². The van der Waals surface area contributed by atoms with Gasteiger partial charge in [0.05, 0.1) is 22.1 Å². The van der Waals surface area contributed by atoms with Crippen LogP contribution in [-0.2, 0) is 0 Å². The van der Waals surface area contributed by atoms with Crippen LogP contribution in [0.25, 0.3) is 99.2 Å². The molecule has 0 atom stereocenters. The molecule has 0 saturated heterocycles. The zero-order chi connectivity index (χ0) is 33.5. The molecule has 0 bridgehead atoms. The summed E-state index contributed by atoms with van der Waals surface area (Å²) in [7, 11) is 0. The van der Waals surface area contributed by atoms with Gasteiger partial charge in [0.2, 0.25) is 0 Å². The largest absolute Gasteiger partial charge is 0.456 e. The molecule has 0 unspecified atom stereocenters. The van der Waals surface area contributed by atoms with E-state index in [4.69, 9.17) is 4.42 Å². The highest BCUT2D eigenvalue weighted by Gasteiger charge is 2.17. The summed E-state index contributed by atoms with van der Waals surface area (Å²) in [5, 5.41) is 7.28. The Morgan fingerprint density at radius 1 is 0.275 bits per heavy atom. The molecule has 0 radical (unpaired) electrons. The zero-order valence-electron chi connectivity index (χ0n) is 27.6. The quantitative estimate of drug-likeness (QED) is 0.186. The monoisotopic (exact) mass is 650 g/mol. The van der Waals surface area contributed by atoms with Crippen molar-refractivity contribution < 1.29 is 4.42 Å². The van der Waals surface area contributed by atoms with Crippen LogP contribution in [0.15, 0.2) is 186 Å². The third-order valence-electron chi connectivity index (χ3n) is 10.5. The van der Waals surface area contributed by atoms with Crippen LogP contribution in [-0.4, -0.2) is 9.13 Å². The molecule has 0 fully saturated rings. The van der Waals surface area contributed by atoms with E-state index in [0.29, 0.717) is 0 Å². The maximum absolute atomic E-state index is 6.26. The van der Waals surface area contributed by atoms with Crippen molar-refractivity contribution in [3.8, 4) is 33.6 Å². The van der Waals surface area contributed by atoms with Crippen molar-refractivity contribution in [2.24, 2.45) is 0 Å². The second-order valence-electron chi connectivity index (χ2n) is 13.4. The maximum Gasteiger partial charge on any atom is 0.136 e. The lowest BCUT2D eigenvalue weighted by atomic mass is 10.0. The molecule has 11 rings (SSSR count). The van der Waals surface area contributed by atoms with Crippen LogP contribution in [0.5, 0.6) is 0 Å². The van der Waals surface area contributed by atoms with Gasteiger partial charge in [0.1, 0.15) is 11.2 Å². The van der Waals surface area contributed by atoms with E-state index in [9.17, 15) is 0 Å². The second kappa shape index (κ2) is 10.8. The van der Waals surface area contributed by atoms with E-state index in [-0.39, 0.29) is 0 Å². The highest BCUT2D eigenvalue weighted by Crippen LogP contribution is 2.39. The Labute approximate surface area is 293 Å². The first kappa shape index (κ1) is 28.0. The van der Waals surface area contributed by atoms with Gasteiger partial charge in [0, 0.05) is 43.7 Å². The Bertz CT molecular complexity index is 3140. The van der Waals surface area contributed by atoms with Crippen molar-refractivity contribution in [2.45, 2.75) is 0 Å². The number of fused-ring (bicyclic) bond motifs is 9. The van der Waals surface area contributed by atoms with Gasteiger partial charge in [-0.05, 0) is 95.1 Å². The third-order valence-corrected chi connectivity index (χ3v) is 10.5. The first-order chi connectivity index (χ1) is 25.3. The summed E-state index contributed by atoms with van der Waals surface area (Å²) in [5.41, 5.74) is 13.6. The van der Waals surface area contributed by atoms with Crippen molar-refractivity contribution >= 4 is 65.6 Å². The lowest BCUT2D eigenvalue weighted by molar-refractivity contribution is 0.669. The number of hydrogen-bond acceptors (Lipinski definition) is 1. The first-order valence-corrected chi connectivity index (χ1v) is 17.4. The van der Waals surface area contributed by atoms with Crippen LogP contribution < -0.4 is 0 Å². The van der Waals surface area contributed by atoms with Gasteiger partial charge >= 0.3 is 0 Å². The van der Waals surface area contributed by atoms with Gasteiger partial charge in [0.15, 0.2) is 0 Å². The number of para-hydroxylation sites is 4. The second-order valence-corrected chi connectivity index (χ2v) is 13.4. The summed E-state index contributed by atoms with van der Waals surface area (Å²) in [6, 6.07) is 65.6. The molecule has 0 saturated carbocycles. The lowest BCUT2D eigenvalue weighted by Gasteiger charge is -2.11. The molecule has 8 aromatic carbocycles. The van der Waals surface area contributed by atoms with Crippen LogP contribution in [0.1, 0.15) is 0 Å². The molecule has 3 heteroatoms. The summed E-state index contributed by atoms with van der Waals surface area (Å²) in [4.78, 5) is 0. The van der Waals surface area contributed by atoms with E-state index < -0.39 is 0 Å². The molecular formula is C48H30N2O. The molecular weight excluding hydrogens is 621 g/mol. The van der Waals surface area contributed by atoms with Crippen LogP contribution in [0.2, 0.25) is 0 Å². The van der Waals surface area contributed by atoms with Gasteiger partial charge in [-0.25, -0.2) is 0 Å². The maximum atomic E-state index is 6.26. The molecule has 3 nitrogen and oxygen atoms in total. The zero-order valence-corrected chi connectivity index (χ0v) is 27.6. The standard InChI is InChI=1S/C48H30N2O/c1-2-12-35(13-3-1)49-44-19-8-5-16-38(44)42-28-32(23-26-45(42)49)33-21-24-39-37-15-4-7-18-43(37)50(46(39)29-33)36-14-10-11-31(27-36)34-22-25-41-40-17-6-9-20-47(40)51-48(41)30-34/h1-30H. The van der Waals surface area contributed by atoms with E-state index in [1.807, 2.05) is 12.1 Å². The minimum absolute atomic E-state index is 0.907. The van der Waals surface area contributed by atoms with Crippen LogP contribution in [0.3, 0.4) is 0 Å². The predicted molar refractivity (Wildman–Crippen MR) is 213 cm³/mol. The van der Waals surface area contributed by atoms with Crippen molar-refractivity contribution in [3.05, 3.63) is 182 Å². The Hall–Kier alpha value is -6.84. The minimum Gasteiger partial charge on any atom is -0.456 e. The molecule has 0 aliphatic rings. The topological polar surface area (TPSA) is 23.0 Å². The van der Waals surface area contributed by atoms with Gasteiger partial charge in [-0.1, -0.05) is 109 Å². The fourth-order valence-electron chi connectivity index (χ4n) is 8.17. The molecule has 0 N–H and O–H groups in total. The molecule has 0 aliphatic heterocycles. The molecule has 238 valence electrons. The third kappa shape index (κ3) is 4.25. The number of hydrogen-bond donors (Lipinski definition) is 0. The molecule has 3 heterocycles. The summed E-state index contributed by atoms with van der Waals surface area (Å²) < 4.78 is 11.0. The van der Waals surface area contributed by atoms with E-state index in [2.05, 4.69) is 179 Å². The van der Waals surface area contributed by atoms with Gasteiger partial charge < -0.3 is 13.6 Å². The Kier molecular flexibility index (Phi) is 5.96. The number of nitrogens with zero attached hydrogens (tertiary/aromatic N) is 2. The summed E-state index contributed by atoms with van der Waals surface area (Å²) in [6.07, 6.45) is 0. The normalized spacial score (nSPS) is 11.9. The van der Waals surface area contributed by atoms with Crippen molar-refractivity contribution in [1.82, 2.24) is 9.13 Å². The fourth-order valence-corrected chi connectivity index (χ4v) is 8.17. The van der Waals surface area contributed by atoms with Crippen molar-refractivity contribution in [1.29, 1.82) is 0 Å². The average Bonchev–Trinajstić information content (AvgIpc) is 3.85. The van der Waals surface area contributed by atoms with Gasteiger partial charge in [0.25, 0.3) is 0 Å². The number of benzene rings is 8. The minimum atomic E-state index is 0.907. The predicted octanol–water partition coefficient (Wildman–Crippen LogP) is 13.1. The summed E-state index contributed by atoms with van der Waals surface area (Å²) >= 11 is 0. The van der Waals surface area contributed by atoms with E-state index in [1.54, 1.807) is 0 Å². The number of aromatic nitrogens is 2. The Morgan fingerprint density at radius 2 is 0.804 bits per heavy atom. The van der Waals surface area contributed by atoms with E-state index in [0.717, 1.165) is 38.8 Å². The SMILES string of the molecule is c1ccc(-n2c3ccccc3c3cc(-c4ccc5c6ccccc6n(-c6cccc(-c7ccc8c(c7)oc7ccccc78)c6)c5c4)ccc32)cc1. The summed E-state index contributed by atoms with van der Waals surface area (Å²) in [6.45, 7) is 0. The van der Waals surface area contributed by atoms with E-state index >= 15 is 0 Å². The Balaban J connectivity index is 1.08. The first-order valence-electron chi connectivity index (χ1n) is 17.4.